The number of aliphatic carboxylic acids is 1. The summed E-state index contributed by atoms with van der Waals surface area (Å²) in [7, 11) is 0. The van der Waals surface area contributed by atoms with E-state index in [1.807, 2.05) is 13.0 Å². The van der Waals surface area contributed by atoms with Crippen molar-refractivity contribution in [2.24, 2.45) is 11.8 Å². The summed E-state index contributed by atoms with van der Waals surface area (Å²) in [6, 6.07) is 8.66. The van der Waals surface area contributed by atoms with E-state index in [9.17, 15) is 9.59 Å². The van der Waals surface area contributed by atoms with Gasteiger partial charge in [-0.25, -0.2) is 0 Å². The SMILES string of the molecule is CC1CN(C(=O)COc2ccccc2C#N)CC1C(=O)O. The molecule has 1 amide bonds. The van der Waals surface area contributed by atoms with Gasteiger partial charge in [0.1, 0.15) is 11.8 Å². The second-order valence-corrected chi connectivity index (χ2v) is 5.12. The van der Waals surface area contributed by atoms with Crippen LogP contribution in [0.1, 0.15) is 12.5 Å². The number of para-hydroxylation sites is 1. The quantitative estimate of drug-likeness (QED) is 0.896. The molecule has 0 aromatic heterocycles. The average molecular weight is 288 g/mol. The molecule has 0 aliphatic carbocycles. The Morgan fingerprint density at radius 3 is 2.76 bits per heavy atom. The molecule has 0 saturated carbocycles. The van der Waals surface area contributed by atoms with Crippen molar-refractivity contribution >= 4 is 11.9 Å². The smallest absolute Gasteiger partial charge is 0.308 e. The first kappa shape index (κ1) is 14.9. The largest absolute Gasteiger partial charge is 0.482 e. The Labute approximate surface area is 122 Å². The molecule has 2 unspecified atom stereocenters. The highest BCUT2D eigenvalue weighted by Crippen LogP contribution is 2.23. The van der Waals surface area contributed by atoms with Gasteiger partial charge in [0.05, 0.1) is 11.5 Å². The first-order valence-corrected chi connectivity index (χ1v) is 6.65. The van der Waals surface area contributed by atoms with Crippen molar-refractivity contribution in [2.45, 2.75) is 6.92 Å². The molecule has 1 saturated heterocycles. The van der Waals surface area contributed by atoms with E-state index >= 15 is 0 Å². The fourth-order valence-electron chi connectivity index (χ4n) is 2.41. The van der Waals surface area contributed by atoms with Gasteiger partial charge < -0.3 is 14.7 Å². The third kappa shape index (κ3) is 3.31. The maximum Gasteiger partial charge on any atom is 0.308 e. The molecule has 1 aliphatic heterocycles. The summed E-state index contributed by atoms with van der Waals surface area (Å²) >= 11 is 0. The van der Waals surface area contributed by atoms with Gasteiger partial charge in [0.15, 0.2) is 6.61 Å². The number of hydrogen-bond acceptors (Lipinski definition) is 4. The predicted octanol–water partition coefficient (Wildman–Crippen LogP) is 1.12. The summed E-state index contributed by atoms with van der Waals surface area (Å²) in [5.74, 6) is -1.39. The molecule has 0 radical (unpaired) electrons. The molecule has 6 heteroatoms. The zero-order valence-electron chi connectivity index (χ0n) is 11.7. The number of nitriles is 1. The number of carboxylic acid groups (broad SMARTS) is 1. The maximum atomic E-state index is 12.1. The van der Waals surface area contributed by atoms with E-state index in [1.165, 1.54) is 4.90 Å². The lowest BCUT2D eigenvalue weighted by molar-refractivity contribution is -0.142. The van der Waals surface area contributed by atoms with E-state index in [0.717, 1.165) is 0 Å². The Morgan fingerprint density at radius 2 is 2.14 bits per heavy atom. The molecule has 1 aromatic carbocycles. The number of ether oxygens (including phenoxy) is 1. The van der Waals surface area contributed by atoms with Crippen LogP contribution in [0.3, 0.4) is 0 Å². The van der Waals surface area contributed by atoms with Gasteiger partial charge in [-0.1, -0.05) is 19.1 Å². The number of carbonyl (C=O) groups excluding carboxylic acids is 1. The van der Waals surface area contributed by atoms with E-state index in [2.05, 4.69) is 0 Å². The second-order valence-electron chi connectivity index (χ2n) is 5.12. The molecule has 1 N–H and O–H groups in total. The Hall–Kier alpha value is -2.55. The van der Waals surface area contributed by atoms with Gasteiger partial charge in [-0.2, -0.15) is 5.26 Å². The van der Waals surface area contributed by atoms with Gasteiger partial charge in [0.2, 0.25) is 0 Å². The molecule has 6 nitrogen and oxygen atoms in total. The van der Waals surface area contributed by atoms with Crippen molar-refractivity contribution in [3.63, 3.8) is 0 Å². The lowest BCUT2D eigenvalue weighted by Crippen LogP contribution is -2.34. The van der Waals surface area contributed by atoms with Crippen LogP contribution in [0.2, 0.25) is 0 Å². The van der Waals surface area contributed by atoms with Gasteiger partial charge in [-0.15, -0.1) is 0 Å². The van der Waals surface area contributed by atoms with Crippen LogP contribution in [0.4, 0.5) is 0 Å². The van der Waals surface area contributed by atoms with E-state index < -0.39 is 11.9 Å². The van der Waals surface area contributed by atoms with Gasteiger partial charge in [-0.05, 0) is 18.1 Å². The highest BCUT2D eigenvalue weighted by molar-refractivity contribution is 5.80. The number of hydrogen-bond donors (Lipinski definition) is 1. The summed E-state index contributed by atoms with van der Waals surface area (Å²) in [5.41, 5.74) is 0.364. The number of benzene rings is 1. The van der Waals surface area contributed by atoms with Gasteiger partial charge >= 0.3 is 5.97 Å². The molecule has 0 spiro atoms. The fraction of sp³-hybridized carbons (Fsp3) is 0.400. The minimum atomic E-state index is -0.881. The minimum Gasteiger partial charge on any atom is -0.482 e. The molecule has 2 rings (SSSR count). The highest BCUT2D eigenvalue weighted by atomic mass is 16.5. The molecule has 1 aliphatic rings. The summed E-state index contributed by atoms with van der Waals surface area (Å²) in [5, 5.41) is 18.0. The summed E-state index contributed by atoms with van der Waals surface area (Å²) in [6.07, 6.45) is 0. The van der Waals surface area contributed by atoms with Crippen LogP contribution in [0.15, 0.2) is 24.3 Å². The van der Waals surface area contributed by atoms with Crippen LogP contribution in [0.25, 0.3) is 0 Å². The van der Waals surface area contributed by atoms with Crippen molar-refractivity contribution in [3.05, 3.63) is 29.8 Å². The van der Waals surface area contributed by atoms with Crippen LogP contribution in [0, 0.1) is 23.2 Å². The number of carboxylic acids is 1. The zero-order valence-corrected chi connectivity index (χ0v) is 11.7. The number of rotatable bonds is 4. The molecule has 21 heavy (non-hydrogen) atoms. The first-order chi connectivity index (χ1) is 10.0. The normalized spacial score (nSPS) is 20.9. The van der Waals surface area contributed by atoms with Crippen molar-refractivity contribution < 1.29 is 19.4 Å². The predicted molar refractivity (Wildman–Crippen MR) is 73.5 cm³/mol. The van der Waals surface area contributed by atoms with Crippen LogP contribution >= 0.6 is 0 Å². The Bertz CT molecular complexity index is 594. The molecule has 2 atom stereocenters. The third-order valence-electron chi connectivity index (χ3n) is 3.64. The molecular formula is C15H16N2O4. The van der Waals surface area contributed by atoms with Crippen LogP contribution in [-0.2, 0) is 9.59 Å². The molecule has 1 heterocycles. The summed E-state index contributed by atoms with van der Waals surface area (Å²) in [6.45, 7) is 2.24. The van der Waals surface area contributed by atoms with Crippen LogP contribution < -0.4 is 4.74 Å². The fourth-order valence-corrected chi connectivity index (χ4v) is 2.41. The number of nitrogens with zero attached hydrogens (tertiary/aromatic N) is 2. The van der Waals surface area contributed by atoms with E-state index in [-0.39, 0.29) is 25.0 Å². The number of likely N-dealkylation sites (tertiary alicyclic amines) is 1. The van der Waals surface area contributed by atoms with Gasteiger partial charge in [0.25, 0.3) is 5.91 Å². The average Bonchev–Trinajstić information content (AvgIpc) is 2.87. The highest BCUT2D eigenvalue weighted by Gasteiger charge is 2.36. The van der Waals surface area contributed by atoms with Crippen molar-refractivity contribution in [3.8, 4) is 11.8 Å². The lowest BCUT2D eigenvalue weighted by atomic mass is 9.99. The van der Waals surface area contributed by atoms with E-state index in [1.54, 1.807) is 24.3 Å². The van der Waals surface area contributed by atoms with Crippen molar-refractivity contribution in [2.75, 3.05) is 19.7 Å². The molecule has 1 fully saturated rings. The van der Waals surface area contributed by atoms with Gasteiger partial charge in [-0.3, -0.25) is 9.59 Å². The van der Waals surface area contributed by atoms with Crippen molar-refractivity contribution in [1.29, 1.82) is 5.26 Å². The number of amides is 1. The Kier molecular flexibility index (Phi) is 4.43. The van der Waals surface area contributed by atoms with E-state index in [0.29, 0.717) is 17.9 Å². The summed E-state index contributed by atoms with van der Waals surface area (Å²) < 4.78 is 5.37. The van der Waals surface area contributed by atoms with E-state index in [4.69, 9.17) is 15.1 Å². The van der Waals surface area contributed by atoms with Gasteiger partial charge in [0, 0.05) is 13.1 Å². The molecule has 110 valence electrons. The second kappa shape index (κ2) is 6.27. The van der Waals surface area contributed by atoms with Crippen LogP contribution in [0.5, 0.6) is 5.75 Å². The standard InChI is InChI=1S/C15H16N2O4/c1-10-7-17(8-12(10)15(19)20)14(18)9-21-13-5-3-2-4-11(13)6-16/h2-5,10,12H,7-9H2,1H3,(H,19,20). The number of carbonyl (C=O) groups is 2. The Balaban J connectivity index is 1.94. The van der Waals surface area contributed by atoms with Crippen LogP contribution in [-0.4, -0.2) is 41.6 Å². The Morgan fingerprint density at radius 1 is 1.43 bits per heavy atom. The first-order valence-electron chi connectivity index (χ1n) is 6.65. The summed E-state index contributed by atoms with van der Waals surface area (Å²) in [4.78, 5) is 24.6. The topological polar surface area (TPSA) is 90.6 Å². The molecule has 1 aromatic rings. The third-order valence-corrected chi connectivity index (χ3v) is 3.64. The maximum absolute atomic E-state index is 12.1. The molecule has 0 bridgehead atoms. The zero-order chi connectivity index (χ0) is 15.4. The minimum absolute atomic E-state index is 0.0714. The van der Waals surface area contributed by atoms with Crippen molar-refractivity contribution in [1.82, 2.24) is 4.90 Å². The molecular weight excluding hydrogens is 272 g/mol. The lowest BCUT2D eigenvalue weighted by Gasteiger charge is -2.16. The monoisotopic (exact) mass is 288 g/mol.